The lowest BCUT2D eigenvalue weighted by Gasteiger charge is -2.34. The normalized spacial score (nSPS) is 13.5. The zero-order chi connectivity index (χ0) is 23.0. The van der Waals surface area contributed by atoms with E-state index in [1.807, 2.05) is 13.8 Å². The van der Waals surface area contributed by atoms with Crippen LogP contribution in [0.5, 0.6) is 0 Å². The van der Waals surface area contributed by atoms with Gasteiger partial charge in [-0.1, -0.05) is 42.6 Å². The molecular formula is C24H22ClFN2O3. The largest absolute Gasteiger partial charge is 0.366 e. The van der Waals surface area contributed by atoms with Crippen molar-refractivity contribution in [2.75, 3.05) is 5.32 Å². The zero-order valence-electron chi connectivity index (χ0n) is 17.7. The Morgan fingerprint density at radius 3 is 2.58 bits per heavy atom. The van der Waals surface area contributed by atoms with Crippen LogP contribution in [0, 0.1) is 30.5 Å². The molecule has 31 heavy (non-hydrogen) atoms. The number of nitrogens with one attached hydrogen (secondary N) is 1. The summed E-state index contributed by atoms with van der Waals surface area (Å²) in [5, 5.41) is 7.78. The predicted molar refractivity (Wildman–Crippen MR) is 120 cm³/mol. The van der Waals surface area contributed by atoms with Crippen molar-refractivity contribution < 1.29 is 13.7 Å². The Morgan fingerprint density at radius 2 is 1.94 bits per heavy atom. The van der Waals surface area contributed by atoms with Crippen LogP contribution in [0.25, 0.3) is 10.8 Å². The summed E-state index contributed by atoms with van der Waals surface area (Å²) in [6, 6.07) is 9.02. The third-order valence-electron chi connectivity index (χ3n) is 5.43. The van der Waals surface area contributed by atoms with Crippen LogP contribution in [0.1, 0.15) is 38.4 Å². The molecule has 0 saturated heterocycles. The molecule has 3 rings (SSSR count). The summed E-state index contributed by atoms with van der Waals surface area (Å²) in [4.78, 5) is 25.0. The second-order valence-corrected chi connectivity index (χ2v) is 8.84. The predicted octanol–water partition coefficient (Wildman–Crippen LogP) is 5.23. The van der Waals surface area contributed by atoms with E-state index in [0.717, 1.165) is 0 Å². The van der Waals surface area contributed by atoms with Crippen LogP contribution in [0.3, 0.4) is 0 Å². The molecule has 2 aromatic carbocycles. The van der Waals surface area contributed by atoms with Gasteiger partial charge in [-0.2, -0.15) is 0 Å². The van der Waals surface area contributed by atoms with Crippen molar-refractivity contribution in [3.8, 4) is 12.3 Å². The van der Waals surface area contributed by atoms with E-state index >= 15 is 0 Å². The van der Waals surface area contributed by atoms with Gasteiger partial charge in [0.1, 0.15) is 11.2 Å². The van der Waals surface area contributed by atoms with Gasteiger partial charge in [-0.3, -0.25) is 4.79 Å². The molecule has 1 aromatic heterocycles. The number of nitrogens with zero attached hydrogens (tertiary/aromatic N) is 1. The molecule has 0 aliphatic rings. The highest BCUT2D eigenvalue weighted by Crippen LogP contribution is 2.40. The fourth-order valence-electron chi connectivity index (χ4n) is 3.79. The van der Waals surface area contributed by atoms with Crippen molar-refractivity contribution in [3.63, 3.8) is 0 Å². The zero-order valence-corrected chi connectivity index (χ0v) is 18.4. The first-order chi connectivity index (χ1) is 14.5. The van der Waals surface area contributed by atoms with Crippen LogP contribution in [0.15, 0.2) is 45.7 Å². The molecule has 0 saturated carbocycles. The minimum atomic E-state index is -1.18. The Bertz CT molecular complexity index is 1280. The van der Waals surface area contributed by atoms with E-state index in [0.29, 0.717) is 27.7 Å². The Morgan fingerprint density at radius 1 is 1.23 bits per heavy atom. The van der Waals surface area contributed by atoms with Crippen LogP contribution in [-0.4, -0.2) is 11.1 Å². The number of benzene rings is 2. The van der Waals surface area contributed by atoms with Crippen molar-refractivity contribution in [1.82, 2.24) is 5.16 Å². The van der Waals surface area contributed by atoms with Crippen LogP contribution in [0.2, 0.25) is 5.02 Å². The molecule has 0 aliphatic heterocycles. The van der Waals surface area contributed by atoms with Gasteiger partial charge in [0, 0.05) is 16.1 Å². The molecule has 0 radical (unpaired) electrons. The van der Waals surface area contributed by atoms with E-state index in [9.17, 15) is 14.0 Å². The van der Waals surface area contributed by atoms with E-state index in [2.05, 4.69) is 16.4 Å². The van der Waals surface area contributed by atoms with Crippen molar-refractivity contribution >= 4 is 34.0 Å². The number of hydrogen-bond acceptors (Lipinski definition) is 4. The van der Waals surface area contributed by atoms with Crippen LogP contribution >= 0.6 is 11.6 Å². The average Bonchev–Trinajstić information content (AvgIpc) is 2.70. The number of aromatic nitrogens is 1. The second-order valence-electron chi connectivity index (χ2n) is 8.43. The first kappa shape index (κ1) is 22.5. The van der Waals surface area contributed by atoms with Gasteiger partial charge < -0.3 is 9.84 Å². The van der Waals surface area contributed by atoms with Gasteiger partial charge in [0.05, 0.1) is 11.1 Å². The summed E-state index contributed by atoms with van der Waals surface area (Å²) in [6.07, 6.45) is 6.05. The first-order valence-corrected chi connectivity index (χ1v) is 10.00. The monoisotopic (exact) mass is 440 g/mol. The third-order valence-corrected chi connectivity index (χ3v) is 5.74. The molecule has 5 nitrogen and oxygen atoms in total. The highest BCUT2D eigenvalue weighted by Gasteiger charge is 2.39. The lowest BCUT2D eigenvalue weighted by atomic mass is 9.70. The van der Waals surface area contributed by atoms with Gasteiger partial charge in [-0.25, -0.2) is 9.18 Å². The number of aryl methyl sites for hydroxylation is 1. The minimum Gasteiger partial charge on any atom is -0.325 e. The average molecular weight is 441 g/mol. The summed E-state index contributed by atoms with van der Waals surface area (Å²) in [5.41, 5.74) is -0.635. The molecule has 1 amide bonds. The van der Waals surface area contributed by atoms with Gasteiger partial charge >= 0.3 is 5.63 Å². The number of carbonyl (C=O) groups excluding carboxylic acids is 1. The Hall–Kier alpha value is -3.17. The number of carbonyl (C=O) groups is 1. The van der Waals surface area contributed by atoms with Crippen molar-refractivity contribution in [3.05, 3.63) is 68.9 Å². The van der Waals surface area contributed by atoms with E-state index in [1.54, 1.807) is 38.1 Å². The quantitative estimate of drug-likeness (QED) is 0.551. The van der Waals surface area contributed by atoms with Crippen LogP contribution < -0.4 is 10.9 Å². The molecule has 1 heterocycles. The van der Waals surface area contributed by atoms with Gasteiger partial charge in [-0.05, 0) is 61.6 Å². The molecule has 0 spiro atoms. The fraction of sp³-hybridized carbons (Fsp3) is 0.292. The number of terminal acetylenes is 1. The maximum absolute atomic E-state index is 13.5. The number of amides is 1. The minimum absolute atomic E-state index is 0.269. The molecule has 160 valence electrons. The Balaban J connectivity index is 1.90. The van der Waals surface area contributed by atoms with Crippen molar-refractivity contribution in [2.45, 2.75) is 39.5 Å². The summed E-state index contributed by atoms with van der Waals surface area (Å²) < 4.78 is 18.2. The van der Waals surface area contributed by atoms with Gasteiger partial charge in [-0.15, -0.1) is 6.42 Å². The molecule has 1 N–H and O–H groups in total. The van der Waals surface area contributed by atoms with Gasteiger partial charge in [0.15, 0.2) is 0 Å². The second kappa shape index (κ2) is 8.16. The van der Waals surface area contributed by atoms with Crippen molar-refractivity contribution in [2.24, 2.45) is 5.41 Å². The smallest absolute Gasteiger partial charge is 0.325 e. The van der Waals surface area contributed by atoms with E-state index < -0.39 is 22.3 Å². The standard InChI is InChI=1S/C24H22ClFN2O3/c1-6-24(5,13-23(3,4)19-10-7-15(26)11-20(19)25)22(30)27-16-8-9-17-18(12-16)14(2)28-31-21(17)29/h1,7-12H,13H2,2-5H3,(H,27,30). The molecule has 3 aromatic rings. The number of anilines is 1. The number of rotatable bonds is 5. The Kier molecular flexibility index (Phi) is 5.93. The fourth-order valence-corrected chi connectivity index (χ4v) is 4.21. The van der Waals surface area contributed by atoms with Gasteiger partial charge in [0.2, 0.25) is 5.91 Å². The summed E-state index contributed by atoms with van der Waals surface area (Å²) in [6.45, 7) is 7.18. The molecule has 0 bridgehead atoms. The SMILES string of the molecule is C#CC(C)(CC(C)(C)c1ccc(F)cc1Cl)C(=O)Nc1ccc2c(=O)onc(C)c2c1. The van der Waals surface area contributed by atoms with E-state index in [1.165, 1.54) is 12.1 Å². The van der Waals surface area contributed by atoms with Gasteiger partial charge in [0.25, 0.3) is 0 Å². The molecule has 0 aliphatic carbocycles. The topological polar surface area (TPSA) is 72.2 Å². The Labute approximate surface area is 184 Å². The number of fused-ring (bicyclic) bond motifs is 1. The summed E-state index contributed by atoms with van der Waals surface area (Å²) in [7, 11) is 0. The lowest BCUT2D eigenvalue weighted by molar-refractivity contribution is -0.123. The van der Waals surface area contributed by atoms with E-state index in [4.69, 9.17) is 22.5 Å². The molecule has 7 heteroatoms. The molecular weight excluding hydrogens is 419 g/mol. The summed E-state index contributed by atoms with van der Waals surface area (Å²) >= 11 is 6.25. The highest BCUT2D eigenvalue weighted by molar-refractivity contribution is 6.31. The van der Waals surface area contributed by atoms with Crippen LogP contribution in [-0.2, 0) is 10.2 Å². The molecule has 1 atom stereocenters. The molecule has 0 fully saturated rings. The summed E-state index contributed by atoms with van der Waals surface area (Å²) in [5.74, 6) is 1.79. The highest BCUT2D eigenvalue weighted by atomic mass is 35.5. The molecule has 1 unspecified atom stereocenters. The third kappa shape index (κ3) is 4.47. The lowest BCUT2D eigenvalue weighted by Crippen LogP contribution is -2.38. The van der Waals surface area contributed by atoms with E-state index in [-0.39, 0.29) is 17.4 Å². The number of hydrogen-bond donors (Lipinski definition) is 1. The van der Waals surface area contributed by atoms with Crippen molar-refractivity contribution in [1.29, 1.82) is 0 Å². The maximum Gasteiger partial charge on any atom is 0.366 e. The number of halogens is 2. The first-order valence-electron chi connectivity index (χ1n) is 9.62. The maximum atomic E-state index is 13.5. The van der Waals surface area contributed by atoms with Crippen LogP contribution in [0.4, 0.5) is 10.1 Å².